The minimum atomic E-state index is -0.551. The van der Waals surface area contributed by atoms with Crippen molar-refractivity contribution in [2.24, 2.45) is 0 Å². The van der Waals surface area contributed by atoms with Crippen molar-refractivity contribution in [3.63, 3.8) is 0 Å². The Kier molecular flexibility index (Phi) is 5.17. The van der Waals surface area contributed by atoms with Crippen molar-refractivity contribution in [2.45, 2.75) is 32.5 Å². The van der Waals surface area contributed by atoms with Gasteiger partial charge in [-0.15, -0.1) is 0 Å². The molecule has 1 fully saturated rings. The molecule has 8 heteroatoms. The van der Waals surface area contributed by atoms with Gasteiger partial charge in [0.2, 0.25) is 5.78 Å². The number of aryl methyl sites for hydroxylation is 1. The molecule has 7 nitrogen and oxygen atoms in total. The third-order valence-corrected chi connectivity index (χ3v) is 5.56. The molecule has 0 aromatic heterocycles. The van der Waals surface area contributed by atoms with Gasteiger partial charge in [-0.2, -0.15) is 0 Å². The fourth-order valence-electron chi connectivity index (χ4n) is 3.94. The van der Waals surface area contributed by atoms with Crippen LogP contribution in [0.15, 0.2) is 30.0 Å². The average Bonchev–Trinajstić information content (AvgIpc) is 3.37. The quantitative estimate of drug-likeness (QED) is 0.400. The molecule has 1 saturated heterocycles. The van der Waals surface area contributed by atoms with Crippen molar-refractivity contribution in [3.8, 4) is 17.2 Å². The summed E-state index contributed by atoms with van der Waals surface area (Å²) in [6, 6.07) is 6.67. The molecule has 0 aliphatic carbocycles. The monoisotopic (exact) mass is 442 g/mol. The van der Waals surface area contributed by atoms with Gasteiger partial charge in [0.15, 0.2) is 18.7 Å². The standard InChI is InChI=1S/C23H19ClO7/c1-12-5-16(30-23(26)17-3-2-4-28-17)9-18-20(12)21(25)19(31-18)8-13-6-15(24)7-14-10-27-11-29-22(13)14/h5-9,17H,2-4,10-11H2,1H3/b19-8-. The Morgan fingerprint density at radius 2 is 2.13 bits per heavy atom. The Balaban J connectivity index is 1.44. The molecule has 2 aromatic carbocycles. The highest BCUT2D eigenvalue weighted by Crippen LogP contribution is 2.39. The molecule has 2 aromatic rings. The number of carbonyl (C=O) groups excluding carboxylic acids is 2. The number of halogens is 1. The summed E-state index contributed by atoms with van der Waals surface area (Å²) in [6.07, 6.45) is 2.53. The summed E-state index contributed by atoms with van der Waals surface area (Å²) in [6.45, 7) is 2.82. The van der Waals surface area contributed by atoms with Crippen molar-refractivity contribution in [1.82, 2.24) is 0 Å². The highest BCUT2D eigenvalue weighted by molar-refractivity contribution is 6.31. The molecule has 3 aliphatic rings. The lowest BCUT2D eigenvalue weighted by Crippen LogP contribution is -2.24. The van der Waals surface area contributed by atoms with Crippen LogP contribution in [0.4, 0.5) is 0 Å². The van der Waals surface area contributed by atoms with E-state index in [1.807, 2.05) is 0 Å². The summed E-state index contributed by atoms with van der Waals surface area (Å²) >= 11 is 6.22. The van der Waals surface area contributed by atoms with Crippen LogP contribution in [0.25, 0.3) is 6.08 Å². The van der Waals surface area contributed by atoms with E-state index < -0.39 is 12.1 Å². The third-order valence-electron chi connectivity index (χ3n) is 5.34. The Morgan fingerprint density at radius 1 is 1.26 bits per heavy atom. The highest BCUT2D eigenvalue weighted by Gasteiger charge is 2.32. The predicted octanol–water partition coefficient (Wildman–Crippen LogP) is 4.22. The largest absolute Gasteiger partial charge is 0.467 e. The number of carbonyl (C=O) groups is 2. The number of ether oxygens (including phenoxy) is 5. The molecule has 0 N–H and O–H groups in total. The fraction of sp³-hybridized carbons (Fsp3) is 0.304. The molecule has 1 unspecified atom stereocenters. The van der Waals surface area contributed by atoms with Gasteiger partial charge in [0.25, 0.3) is 0 Å². The van der Waals surface area contributed by atoms with Crippen LogP contribution in [-0.4, -0.2) is 31.3 Å². The lowest BCUT2D eigenvalue weighted by atomic mass is 10.0. The second-order valence-electron chi connectivity index (χ2n) is 7.57. The molecular formula is C23H19ClO7. The molecule has 0 radical (unpaired) electrons. The maximum Gasteiger partial charge on any atom is 0.340 e. The second-order valence-corrected chi connectivity index (χ2v) is 8.01. The van der Waals surface area contributed by atoms with E-state index in [1.165, 1.54) is 0 Å². The van der Waals surface area contributed by atoms with Gasteiger partial charge >= 0.3 is 5.97 Å². The fourth-order valence-corrected chi connectivity index (χ4v) is 4.19. The molecule has 0 amide bonds. The van der Waals surface area contributed by atoms with Crippen LogP contribution < -0.4 is 14.2 Å². The van der Waals surface area contributed by atoms with Gasteiger partial charge in [-0.3, -0.25) is 4.79 Å². The van der Waals surface area contributed by atoms with Crippen molar-refractivity contribution in [3.05, 3.63) is 57.3 Å². The molecule has 0 saturated carbocycles. The Bertz CT molecular complexity index is 1120. The van der Waals surface area contributed by atoms with Crippen molar-refractivity contribution in [2.75, 3.05) is 13.4 Å². The van der Waals surface area contributed by atoms with Gasteiger partial charge in [-0.25, -0.2) is 4.79 Å². The van der Waals surface area contributed by atoms with Gasteiger partial charge < -0.3 is 23.7 Å². The number of ketones is 1. The number of hydrogen-bond donors (Lipinski definition) is 0. The number of hydrogen-bond acceptors (Lipinski definition) is 7. The van der Waals surface area contributed by atoms with Gasteiger partial charge in [-0.05, 0) is 49.6 Å². The van der Waals surface area contributed by atoms with E-state index >= 15 is 0 Å². The van der Waals surface area contributed by atoms with E-state index in [4.69, 9.17) is 35.3 Å². The Labute approximate surface area is 183 Å². The van der Waals surface area contributed by atoms with E-state index in [0.29, 0.717) is 58.6 Å². The summed E-state index contributed by atoms with van der Waals surface area (Å²) in [4.78, 5) is 25.3. The van der Waals surface area contributed by atoms with Gasteiger partial charge in [-0.1, -0.05) is 11.6 Å². The smallest absolute Gasteiger partial charge is 0.340 e. The second kappa shape index (κ2) is 8.00. The van der Waals surface area contributed by atoms with Crippen LogP contribution in [-0.2, 0) is 20.9 Å². The predicted molar refractivity (Wildman–Crippen MR) is 110 cm³/mol. The normalized spacial score (nSPS) is 20.8. The maximum absolute atomic E-state index is 13.0. The number of rotatable bonds is 3. The summed E-state index contributed by atoms with van der Waals surface area (Å²) < 4.78 is 27.6. The minimum Gasteiger partial charge on any atom is -0.467 e. The van der Waals surface area contributed by atoms with E-state index in [9.17, 15) is 9.59 Å². The summed E-state index contributed by atoms with van der Waals surface area (Å²) in [5.41, 5.74) is 2.51. The van der Waals surface area contributed by atoms with E-state index in [0.717, 1.165) is 12.0 Å². The summed E-state index contributed by atoms with van der Waals surface area (Å²) in [5.74, 6) is 0.698. The zero-order valence-corrected chi connectivity index (χ0v) is 17.5. The minimum absolute atomic E-state index is 0.123. The zero-order valence-electron chi connectivity index (χ0n) is 16.7. The summed E-state index contributed by atoms with van der Waals surface area (Å²) in [7, 11) is 0. The lowest BCUT2D eigenvalue weighted by Gasteiger charge is -2.20. The zero-order chi connectivity index (χ0) is 21.5. The summed E-state index contributed by atoms with van der Waals surface area (Å²) in [5, 5.41) is 0.502. The molecule has 31 heavy (non-hydrogen) atoms. The lowest BCUT2D eigenvalue weighted by molar-refractivity contribution is -0.144. The molecule has 0 spiro atoms. The van der Waals surface area contributed by atoms with Gasteiger partial charge in [0.1, 0.15) is 17.2 Å². The van der Waals surface area contributed by atoms with Crippen LogP contribution in [0.5, 0.6) is 17.2 Å². The molecule has 3 aliphatic heterocycles. The number of benzene rings is 2. The molecule has 160 valence electrons. The van der Waals surface area contributed by atoms with E-state index in [2.05, 4.69) is 0 Å². The highest BCUT2D eigenvalue weighted by atomic mass is 35.5. The first-order valence-electron chi connectivity index (χ1n) is 9.95. The van der Waals surface area contributed by atoms with Crippen LogP contribution in [0, 0.1) is 6.92 Å². The topological polar surface area (TPSA) is 80.3 Å². The first kappa shape index (κ1) is 20.1. The van der Waals surface area contributed by atoms with E-state index in [-0.39, 0.29) is 18.3 Å². The molecule has 0 bridgehead atoms. The van der Waals surface area contributed by atoms with Crippen LogP contribution >= 0.6 is 11.6 Å². The maximum atomic E-state index is 13.0. The Morgan fingerprint density at radius 3 is 2.94 bits per heavy atom. The number of Topliss-reactive ketones (excluding diaryl/α,β-unsaturated/α-hetero) is 1. The van der Waals surface area contributed by atoms with Crippen LogP contribution in [0.3, 0.4) is 0 Å². The van der Waals surface area contributed by atoms with Crippen molar-refractivity contribution < 1.29 is 33.3 Å². The molecule has 5 rings (SSSR count). The first-order chi connectivity index (χ1) is 15.0. The average molecular weight is 443 g/mol. The molecular weight excluding hydrogens is 424 g/mol. The van der Waals surface area contributed by atoms with Crippen LogP contribution in [0.1, 0.15) is 39.9 Å². The molecule has 1 atom stereocenters. The third kappa shape index (κ3) is 3.80. The van der Waals surface area contributed by atoms with Crippen molar-refractivity contribution >= 4 is 29.4 Å². The first-order valence-corrected chi connectivity index (χ1v) is 10.3. The van der Waals surface area contributed by atoms with Crippen molar-refractivity contribution in [1.29, 1.82) is 0 Å². The van der Waals surface area contributed by atoms with Gasteiger partial charge in [0.05, 0.1) is 12.2 Å². The Hall–Kier alpha value is -2.87. The number of allylic oxidation sites excluding steroid dienone is 1. The van der Waals surface area contributed by atoms with Crippen LogP contribution in [0.2, 0.25) is 5.02 Å². The van der Waals surface area contributed by atoms with Gasteiger partial charge in [0, 0.05) is 28.8 Å². The van der Waals surface area contributed by atoms with E-state index in [1.54, 1.807) is 37.3 Å². The molecule has 3 heterocycles. The number of fused-ring (bicyclic) bond motifs is 2. The number of esters is 1. The SMILES string of the molecule is Cc1cc(OC(=O)C2CCCO2)cc2c1C(=O)/C(=C/c1cc(Cl)cc3c1OCOC3)O2.